The summed E-state index contributed by atoms with van der Waals surface area (Å²) in [5.41, 5.74) is 1.53. The molecule has 1 aromatic heterocycles. The van der Waals surface area contributed by atoms with Crippen LogP contribution in [0.5, 0.6) is 11.5 Å². The molecule has 0 fully saturated rings. The van der Waals surface area contributed by atoms with Crippen molar-refractivity contribution in [1.82, 2.24) is 9.55 Å². The van der Waals surface area contributed by atoms with Crippen LogP contribution in [0.1, 0.15) is 13.3 Å². The highest BCUT2D eigenvalue weighted by Gasteiger charge is 2.23. The van der Waals surface area contributed by atoms with Crippen molar-refractivity contribution < 1.29 is 17.9 Å². The van der Waals surface area contributed by atoms with Gasteiger partial charge in [0.25, 0.3) is 0 Å². The zero-order chi connectivity index (χ0) is 18.6. The molecule has 6 nitrogen and oxygen atoms in total. The third kappa shape index (κ3) is 3.83. The van der Waals surface area contributed by atoms with Crippen molar-refractivity contribution in [3.8, 4) is 11.5 Å². The number of imidazole rings is 1. The number of hydrogen-bond acceptors (Lipinski definition) is 5. The normalized spacial score (nSPS) is 11.6. The molecule has 0 unspecified atom stereocenters. The summed E-state index contributed by atoms with van der Waals surface area (Å²) in [7, 11) is -1.97. The van der Waals surface area contributed by atoms with E-state index in [0.717, 1.165) is 17.7 Å². The first kappa shape index (κ1) is 18.3. The molecule has 0 aliphatic heterocycles. The Labute approximate surface area is 153 Å². The van der Waals surface area contributed by atoms with Gasteiger partial charge in [-0.15, -0.1) is 0 Å². The molecule has 3 rings (SSSR count). The van der Waals surface area contributed by atoms with Crippen LogP contribution in [-0.4, -0.2) is 37.4 Å². The van der Waals surface area contributed by atoms with Gasteiger partial charge in [0.1, 0.15) is 18.1 Å². The van der Waals surface area contributed by atoms with Crippen LogP contribution in [-0.2, 0) is 16.4 Å². The highest BCUT2D eigenvalue weighted by molar-refractivity contribution is 7.91. The maximum absolute atomic E-state index is 12.8. The van der Waals surface area contributed by atoms with Gasteiger partial charge in [-0.25, -0.2) is 13.4 Å². The van der Waals surface area contributed by atoms with Gasteiger partial charge in [-0.1, -0.05) is 19.1 Å². The summed E-state index contributed by atoms with van der Waals surface area (Å²) in [4.78, 5) is 4.35. The van der Waals surface area contributed by atoms with Crippen molar-refractivity contribution >= 4 is 20.9 Å². The van der Waals surface area contributed by atoms with Gasteiger partial charge in [0, 0.05) is 6.54 Å². The van der Waals surface area contributed by atoms with E-state index in [-0.39, 0.29) is 17.5 Å². The fourth-order valence-electron chi connectivity index (χ4n) is 2.76. The average Bonchev–Trinajstić information content (AvgIpc) is 3.02. The largest absolute Gasteiger partial charge is 0.497 e. The summed E-state index contributed by atoms with van der Waals surface area (Å²) in [5, 5.41) is 0.110. The highest BCUT2D eigenvalue weighted by Crippen LogP contribution is 2.21. The molecule has 0 saturated heterocycles. The monoisotopic (exact) mass is 374 g/mol. The molecule has 0 spiro atoms. The van der Waals surface area contributed by atoms with Gasteiger partial charge in [0.15, 0.2) is 0 Å². The molecule has 0 saturated carbocycles. The lowest BCUT2D eigenvalue weighted by Crippen LogP contribution is -2.18. The number of aryl methyl sites for hydroxylation is 1. The predicted molar refractivity (Wildman–Crippen MR) is 101 cm³/mol. The van der Waals surface area contributed by atoms with Gasteiger partial charge in [0.2, 0.25) is 15.0 Å². The van der Waals surface area contributed by atoms with Crippen molar-refractivity contribution in [3.05, 3.63) is 48.5 Å². The molecule has 0 N–H and O–H groups in total. The molecule has 3 aromatic rings. The molecular formula is C19H22N2O4S. The van der Waals surface area contributed by atoms with Gasteiger partial charge in [-0.2, -0.15) is 0 Å². The Morgan fingerprint density at radius 1 is 1.04 bits per heavy atom. The number of aromatic nitrogens is 2. The molecule has 0 atom stereocenters. The van der Waals surface area contributed by atoms with E-state index < -0.39 is 9.84 Å². The van der Waals surface area contributed by atoms with Gasteiger partial charge in [-0.05, 0) is 42.8 Å². The Kier molecular flexibility index (Phi) is 5.46. The quantitative estimate of drug-likeness (QED) is 0.605. The van der Waals surface area contributed by atoms with E-state index >= 15 is 0 Å². The summed E-state index contributed by atoms with van der Waals surface area (Å²) < 4.78 is 38.0. The van der Waals surface area contributed by atoms with Crippen molar-refractivity contribution in [2.45, 2.75) is 25.0 Å². The molecule has 1 heterocycles. The van der Waals surface area contributed by atoms with Crippen molar-refractivity contribution in [2.75, 3.05) is 19.5 Å². The number of fused-ring (bicyclic) bond motifs is 1. The van der Waals surface area contributed by atoms with E-state index in [2.05, 4.69) is 4.98 Å². The Morgan fingerprint density at radius 2 is 1.73 bits per heavy atom. The first-order valence-corrected chi connectivity index (χ1v) is 10.2. The second-order valence-electron chi connectivity index (χ2n) is 5.88. The fourth-order valence-corrected chi connectivity index (χ4v) is 4.01. The van der Waals surface area contributed by atoms with Gasteiger partial charge in [-0.3, -0.25) is 0 Å². The zero-order valence-electron chi connectivity index (χ0n) is 14.9. The topological polar surface area (TPSA) is 70.4 Å². The lowest BCUT2D eigenvalue weighted by Gasteiger charge is -2.10. The predicted octanol–water partition coefficient (Wildman–Crippen LogP) is 3.31. The van der Waals surface area contributed by atoms with Crippen LogP contribution in [0.4, 0.5) is 0 Å². The van der Waals surface area contributed by atoms with E-state index in [0.29, 0.717) is 17.8 Å². The summed E-state index contributed by atoms with van der Waals surface area (Å²) in [5.74, 6) is 1.19. The molecular weight excluding hydrogens is 352 g/mol. The van der Waals surface area contributed by atoms with Gasteiger partial charge >= 0.3 is 0 Å². The van der Waals surface area contributed by atoms with Crippen molar-refractivity contribution in [1.29, 1.82) is 0 Å². The minimum Gasteiger partial charge on any atom is -0.497 e. The first-order valence-electron chi connectivity index (χ1n) is 8.50. The molecule has 26 heavy (non-hydrogen) atoms. The standard InChI is InChI=1S/C19H22N2O4S/c1-3-12-21-18-7-5-4-6-17(18)20-19(21)26(22,23)14-13-25-16-10-8-15(24-2)9-11-16/h4-11H,3,12-14H2,1-2H3. The SMILES string of the molecule is CCCn1c(S(=O)(=O)CCOc2ccc(OC)cc2)nc2ccccc21. The Hall–Kier alpha value is -2.54. The van der Waals surface area contributed by atoms with Crippen LogP contribution in [0.2, 0.25) is 0 Å². The van der Waals surface area contributed by atoms with Crippen LogP contribution in [0.15, 0.2) is 53.7 Å². The van der Waals surface area contributed by atoms with Crippen molar-refractivity contribution in [2.24, 2.45) is 0 Å². The Morgan fingerprint density at radius 3 is 2.42 bits per heavy atom. The zero-order valence-corrected chi connectivity index (χ0v) is 15.7. The number of para-hydroxylation sites is 2. The van der Waals surface area contributed by atoms with Gasteiger partial charge < -0.3 is 14.0 Å². The number of methoxy groups -OCH3 is 1. The molecule has 138 valence electrons. The number of rotatable bonds is 8. The van der Waals surface area contributed by atoms with E-state index in [1.807, 2.05) is 31.2 Å². The number of hydrogen-bond donors (Lipinski definition) is 0. The van der Waals surface area contributed by atoms with E-state index in [1.54, 1.807) is 35.9 Å². The number of sulfone groups is 1. The highest BCUT2D eigenvalue weighted by atomic mass is 32.2. The molecule has 0 aliphatic carbocycles. The number of ether oxygens (including phenoxy) is 2. The first-order chi connectivity index (χ1) is 12.5. The fraction of sp³-hybridized carbons (Fsp3) is 0.316. The summed E-state index contributed by atoms with van der Waals surface area (Å²) in [6.07, 6.45) is 0.825. The second-order valence-corrected chi connectivity index (χ2v) is 7.88. The Balaban J connectivity index is 1.77. The van der Waals surface area contributed by atoms with E-state index in [1.165, 1.54) is 0 Å². The number of nitrogens with zero attached hydrogens (tertiary/aromatic N) is 2. The third-order valence-corrected chi connectivity index (χ3v) is 5.60. The molecule has 0 aliphatic rings. The molecule has 0 bridgehead atoms. The molecule has 7 heteroatoms. The van der Waals surface area contributed by atoms with Crippen LogP contribution < -0.4 is 9.47 Å². The van der Waals surface area contributed by atoms with Crippen LogP contribution in [0, 0.1) is 0 Å². The summed E-state index contributed by atoms with van der Waals surface area (Å²) >= 11 is 0. The van der Waals surface area contributed by atoms with Crippen LogP contribution >= 0.6 is 0 Å². The number of benzene rings is 2. The molecule has 2 aromatic carbocycles. The van der Waals surface area contributed by atoms with Crippen molar-refractivity contribution in [3.63, 3.8) is 0 Å². The van der Waals surface area contributed by atoms with Crippen LogP contribution in [0.25, 0.3) is 11.0 Å². The van der Waals surface area contributed by atoms with Gasteiger partial charge in [0.05, 0.1) is 23.9 Å². The lowest BCUT2D eigenvalue weighted by molar-refractivity contribution is 0.339. The third-order valence-electron chi connectivity index (χ3n) is 4.03. The lowest BCUT2D eigenvalue weighted by atomic mass is 10.3. The van der Waals surface area contributed by atoms with E-state index in [9.17, 15) is 8.42 Å². The maximum Gasteiger partial charge on any atom is 0.228 e. The smallest absolute Gasteiger partial charge is 0.228 e. The maximum atomic E-state index is 12.8. The molecule has 0 amide bonds. The molecule has 0 radical (unpaired) electrons. The summed E-state index contributed by atoms with van der Waals surface area (Å²) in [6.45, 7) is 2.68. The minimum atomic E-state index is -3.56. The summed E-state index contributed by atoms with van der Waals surface area (Å²) in [6, 6.07) is 14.5. The second kappa shape index (κ2) is 7.78. The van der Waals surface area contributed by atoms with Crippen LogP contribution in [0.3, 0.4) is 0 Å². The van der Waals surface area contributed by atoms with E-state index in [4.69, 9.17) is 9.47 Å². The Bertz CT molecular complexity index is 978. The minimum absolute atomic E-state index is 0.0595. The average molecular weight is 374 g/mol.